The summed E-state index contributed by atoms with van der Waals surface area (Å²) in [6.45, 7) is 2.97. The minimum atomic E-state index is -3.95. The highest BCUT2D eigenvalue weighted by Gasteiger charge is 2.26. The van der Waals surface area contributed by atoms with Gasteiger partial charge in [-0.05, 0) is 40.1 Å². The highest BCUT2D eigenvalue weighted by atomic mass is 32.2. The molecule has 0 radical (unpaired) electrons. The standard InChI is InChI=1S/C13H22FN3O3S/c1-9-11(14)5-10(15)6-12(9)21(19,20)16-7-13(2,18)8-17(3)4/h5-6,16,18H,7-8,15H2,1-4H3. The molecule has 1 unspecified atom stereocenters. The van der Waals surface area contributed by atoms with Gasteiger partial charge >= 0.3 is 0 Å². The zero-order chi connectivity index (χ0) is 16.4. The maximum atomic E-state index is 13.6. The summed E-state index contributed by atoms with van der Waals surface area (Å²) >= 11 is 0. The normalized spacial score (nSPS) is 15.2. The molecule has 0 aromatic heterocycles. The van der Waals surface area contributed by atoms with Gasteiger partial charge in [0.25, 0.3) is 0 Å². The minimum Gasteiger partial charge on any atom is -0.399 e. The molecule has 0 aliphatic rings. The van der Waals surface area contributed by atoms with Gasteiger partial charge in [0, 0.05) is 24.3 Å². The number of hydrogen-bond donors (Lipinski definition) is 3. The van der Waals surface area contributed by atoms with Gasteiger partial charge < -0.3 is 15.7 Å². The van der Waals surface area contributed by atoms with E-state index in [4.69, 9.17) is 5.73 Å². The van der Waals surface area contributed by atoms with Crippen LogP contribution in [0.15, 0.2) is 17.0 Å². The predicted molar refractivity (Wildman–Crippen MR) is 79.9 cm³/mol. The van der Waals surface area contributed by atoms with Crippen molar-refractivity contribution < 1.29 is 17.9 Å². The maximum Gasteiger partial charge on any atom is 0.241 e. The smallest absolute Gasteiger partial charge is 0.241 e. The fourth-order valence-electron chi connectivity index (χ4n) is 2.02. The summed E-state index contributed by atoms with van der Waals surface area (Å²) in [6, 6.07) is 2.26. The molecule has 4 N–H and O–H groups in total. The van der Waals surface area contributed by atoms with Crippen molar-refractivity contribution in [3.63, 3.8) is 0 Å². The average molecular weight is 319 g/mol. The maximum absolute atomic E-state index is 13.6. The third-order valence-corrected chi connectivity index (χ3v) is 4.44. The van der Waals surface area contributed by atoms with Crippen LogP contribution in [0.1, 0.15) is 12.5 Å². The molecule has 0 heterocycles. The number of sulfonamides is 1. The molecular formula is C13H22FN3O3S. The van der Waals surface area contributed by atoms with Crippen molar-refractivity contribution in [1.82, 2.24) is 9.62 Å². The van der Waals surface area contributed by atoms with Crippen molar-refractivity contribution in [2.45, 2.75) is 24.3 Å². The summed E-state index contributed by atoms with van der Waals surface area (Å²) in [5, 5.41) is 10.1. The number of rotatable bonds is 6. The molecule has 8 heteroatoms. The molecule has 21 heavy (non-hydrogen) atoms. The van der Waals surface area contributed by atoms with Crippen molar-refractivity contribution in [3.05, 3.63) is 23.5 Å². The Morgan fingerprint density at radius 3 is 2.52 bits per heavy atom. The number of nitrogens with two attached hydrogens (primary N) is 1. The highest BCUT2D eigenvalue weighted by molar-refractivity contribution is 7.89. The lowest BCUT2D eigenvalue weighted by Gasteiger charge is -2.27. The topological polar surface area (TPSA) is 95.7 Å². The molecule has 0 spiro atoms. The number of hydrogen-bond acceptors (Lipinski definition) is 5. The predicted octanol–water partition coefficient (Wildman–Crippen LogP) is 0.307. The SMILES string of the molecule is Cc1c(F)cc(N)cc1S(=O)(=O)NCC(C)(O)CN(C)C. The fourth-order valence-corrected chi connectivity index (χ4v) is 3.47. The Morgan fingerprint density at radius 2 is 2.00 bits per heavy atom. The van der Waals surface area contributed by atoms with Crippen LogP contribution >= 0.6 is 0 Å². The molecule has 1 rings (SSSR count). The van der Waals surface area contributed by atoms with Crippen molar-refractivity contribution in [1.29, 1.82) is 0 Å². The second-order valence-corrected chi connectivity index (χ2v) is 7.42. The number of likely N-dealkylation sites (N-methyl/N-ethyl adjacent to an activating group) is 1. The number of aliphatic hydroxyl groups is 1. The molecule has 120 valence electrons. The number of nitrogen functional groups attached to an aromatic ring is 1. The zero-order valence-corrected chi connectivity index (χ0v) is 13.5. The lowest BCUT2D eigenvalue weighted by atomic mass is 10.1. The Bertz CT molecular complexity index is 615. The van der Waals surface area contributed by atoms with E-state index in [1.807, 2.05) is 0 Å². The lowest BCUT2D eigenvalue weighted by Crippen LogP contribution is -2.47. The molecule has 1 aromatic rings. The second-order valence-electron chi connectivity index (χ2n) is 5.69. The van der Waals surface area contributed by atoms with Crippen LogP contribution in [0.4, 0.5) is 10.1 Å². The first-order chi connectivity index (χ1) is 9.44. The van der Waals surface area contributed by atoms with Gasteiger partial charge in [-0.1, -0.05) is 0 Å². The van der Waals surface area contributed by atoms with Crippen LogP contribution in [-0.4, -0.2) is 51.2 Å². The van der Waals surface area contributed by atoms with E-state index < -0.39 is 21.4 Å². The van der Waals surface area contributed by atoms with E-state index in [1.165, 1.54) is 19.9 Å². The first kappa shape index (κ1) is 17.8. The summed E-state index contributed by atoms with van der Waals surface area (Å²) in [7, 11) is -0.425. The van der Waals surface area contributed by atoms with E-state index in [9.17, 15) is 17.9 Å². The number of nitrogens with one attached hydrogen (secondary N) is 1. The Labute approximate surface area is 124 Å². The van der Waals surface area contributed by atoms with Crippen LogP contribution in [0.5, 0.6) is 0 Å². The third kappa shape index (κ3) is 4.92. The fraction of sp³-hybridized carbons (Fsp3) is 0.538. The van der Waals surface area contributed by atoms with E-state index in [0.717, 1.165) is 6.07 Å². The van der Waals surface area contributed by atoms with Crippen LogP contribution in [0.25, 0.3) is 0 Å². The molecule has 1 aromatic carbocycles. The van der Waals surface area contributed by atoms with Crippen molar-refractivity contribution in [2.75, 3.05) is 32.9 Å². The molecule has 6 nitrogen and oxygen atoms in total. The van der Waals surface area contributed by atoms with Gasteiger partial charge in [-0.15, -0.1) is 0 Å². The summed E-state index contributed by atoms with van der Waals surface area (Å²) < 4.78 is 40.3. The van der Waals surface area contributed by atoms with E-state index in [0.29, 0.717) is 0 Å². The summed E-state index contributed by atoms with van der Waals surface area (Å²) in [6.07, 6.45) is 0. The van der Waals surface area contributed by atoms with Gasteiger partial charge in [-0.2, -0.15) is 0 Å². The Morgan fingerprint density at radius 1 is 1.43 bits per heavy atom. The second kappa shape index (κ2) is 6.27. The molecular weight excluding hydrogens is 297 g/mol. The number of halogens is 1. The van der Waals surface area contributed by atoms with Crippen LogP contribution in [0, 0.1) is 12.7 Å². The minimum absolute atomic E-state index is 0.0102. The molecule has 0 saturated heterocycles. The van der Waals surface area contributed by atoms with Crippen molar-refractivity contribution in [3.8, 4) is 0 Å². The highest BCUT2D eigenvalue weighted by Crippen LogP contribution is 2.22. The Hall–Kier alpha value is -1.22. The molecule has 0 amide bonds. The molecule has 0 fully saturated rings. The lowest BCUT2D eigenvalue weighted by molar-refractivity contribution is 0.0386. The molecule has 0 aliphatic carbocycles. The summed E-state index contributed by atoms with van der Waals surface area (Å²) in [5.41, 5.74) is 4.25. The largest absolute Gasteiger partial charge is 0.399 e. The first-order valence-corrected chi connectivity index (χ1v) is 7.85. The summed E-state index contributed by atoms with van der Waals surface area (Å²) in [5.74, 6) is -0.685. The van der Waals surface area contributed by atoms with E-state index in [1.54, 1.807) is 19.0 Å². The average Bonchev–Trinajstić information content (AvgIpc) is 2.30. The van der Waals surface area contributed by atoms with Gasteiger partial charge in [-0.25, -0.2) is 17.5 Å². The quantitative estimate of drug-likeness (QED) is 0.656. The number of nitrogens with zero attached hydrogens (tertiary/aromatic N) is 1. The zero-order valence-electron chi connectivity index (χ0n) is 12.6. The van der Waals surface area contributed by atoms with Gasteiger partial charge in [0.2, 0.25) is 10.0 Å². The van der Waals surface area contributed by atoms with Crippen LogP contribution in [0.3, 0.4) is 0 Å². The van der Waals surface area contributed by atoms with Crippen LogP contribution in [-0.2, 0) is 10.0 Å². The van der Waals surface area contributed by atoms with E-state index in [2.05, 4.69) is 4.72 Å². The first-order valence-electron chi connectivity index (χ1n) is 6.37. The Balaban J connectivity index is 2.98. The molecule has 0 saturated carbocycles. The van der Waals surface area contributed by atoms with E-state index in [-0.39, 0.29) is 29.2 Å². The van der Waals surface area contributed by atoms with Gasteiger partial charge in [0.15, 0.2) is 0 Å². The molecule has 0 bridgehead atoms. The van der Waals surface area contributed by atoms with Crippen LogP contribution < -0.4 is 10.5 Å². The van der Waals surface area contributed by atoms with Gasteiger partial charge in [0.05, 0.1) is 10.5 Å². The Kier molecular flexibility index (Phi) is 5.32. The molecule has 0 aliphatic heterocycles. The molecule has 1 atom stereocenters. The van der Waals surface area contributed by atoms with Crippen molar-refractivity contribution in [2.24, 2.45) is 0 Å². The number of anilines is 1. The number of benzene rings is 1. The van der Waals surface area contributed by atoms with Gasteiger partial charge in [0.1, 0.15) is 5.82 Å². The van der Waals surface area contributed by atoms with E-state index >= 15 is 0 Å². The monoisotopic (exact) mass is 319 g/mol. The third-order valence-electron chi connectivity index (χ3n) is 2.91. The van der Waals surface area contributed by atoms with Crippen LogP contribution in [0.2, 0.25) is 0 Å². The van der Waals surface area contributed by atoms with Gasteiger partial charge in [-0.3, -0.25) is 0 Å². The van der Waals surface area contributed by atoms with Crippen molar-refractivity contribution >= 4 is 15.7 Å². The summed E-state index contributed by atoms with van der Waals surface area (Å²) in [4.78, 5) is 1.51.